The standard InChI is InChI=1S/C11H12ClN3O2/c12-8-3-1-2-4-9(8)17-6-5-15-11(16)7-10(13)14-15/h1-4,7,14H,5-6,13H2. The van der Waals surface area contributed by atoms with Gasteiger partial charge < -0.3 is 10.5 Å². The first-order valence-corrected chi connectivity index (χ1v) is 5.47. The first-order chi connectivity index (χ1) is 8.16. The molecular weight excluding hydrogens is 242 g/mol. The Morgan fingerprint density at radius 3 is 2.82 bits per heavy atom. The molecule has 0 aliphatic rings. The Morgan fingerprint density at radius 1 is 1.41 bits per heavy atom. The summed E-state index contributed by atoms with van der Waals surface area (Å²) in [5, 5.41) is 3.26. The largest absolute Gasteiger partial charge is 0.490 e. The van der Waals surface area contributed by atoms with E-state index in [1.807, 2.05) is 12.1 Å². The van der Waals surface area contributed by atoms with Crippen LogP contribution in [0.5, 0.6) is 5.75 Å². The number of rotatable bonds is 4. The van der Waals surface area contributed by atoms with Crippen molar-refractivity contribution in [2.75, 3.05) is 12.3 Å². The number of nitrogen functional groups attached to an aromatic ring is 1. The van der Waals surface area contributed by atoms with Gasteiger partial charge in [-0.2, -0.15) is 0 Å². The summed E-state index contributed by atoms with van der Waals surface area (Å²) in [4.78, 5) is 11.3. The van der Waals surface area contributed by atoms with Gasteiger partial charge in [-0.3, -0.25) is 9.89 Å². The van der Waals surface area contributed by atoms with Crippen LogP contribution in [-0.2, 0) is 6.54 Å². The molecule has 1 aromatic carbocycles. The second-order valence-corrected chi connectivity index (χ2v) is 3.89. The molecule has 0 unspecified atom stereocenters. The number of nitrogens with zero attached hydrogens (tertiary/aromatic N) is 1. The van der Waals surface area contributed by atoms with Gasteiger partial charge in [0.2, 0.25) is 0 Å². The Balaban J connectivity index is 1.94. The second kappa shape index (κ2) is 4.97. The van der Waals surface area contributed by atoms with Crippen molar-refractivity contribution in [1.82, 2.24) is 9.78 Å². The molecule has 3 N–H and O–H groups in total. The van der Waals surface area contributed by atoms with Crippen molar-refractivity contribution in [3.05, 3.63) is 45.7 Å². The molecule has 1 heterocycles. The fraction of sp³-hybridized carbons (Fsp3) is 0.182. The minimum Gasteiger partial charge on any atom is -0.490 e. The number of nitrogens with two attached hydrogens (primary N) is 1. The number of aromatic nitrogens is 2. The molecular formula is C11H12ClN3O2. The van der Waals surface area contributed by atoms with Gasteiger partial charge in [0, 0.05) is 6.07 Å². The highest BCUT2D eigenvalue weighted by Crippen LogP contribution is 2.22. The molecule has 6 heteroatoms. The molecule has 90 valence electrons. The normalized spacial score (nSPS) is 10.4. The molecule has 2 rings (SSSR count). The highest BCUT2D eigenvalue weighted by molar-refractivity contribution is 6.32. The van der Waals surface area contributed by atoms with Crippen LogP contribution in [0.25, 0.3) is 0 Å². The molecule has 0 radical (unpaired) electrons. The summed E-state index contributed by atoms with van der Waals surface area (Å²) >= 11 is 5.92. The van der Waals surface area contributed by atoms with Crippen LogP contribution in [0.3, 0.4) is 0 Å². The van der Waals surface area contributed by atoms with Crippen molar-refractivity contribution in [3.8, 4) is 5.75 Å². The molecule has 5 nitrogen and oxygen atoms in total. The molecule has 2 aromatic rings. The van der Waals surface area contributed by atoms with Gasteiger partial charge in [-0.1, -0.05) is 23.7 Å². The molecule has 1 aromatic heterocycles. The fourth-order valence-corrected chi connectivity index (χ4v) is 1.62. The number of hydrogen-bond donors (Lipinski definition) is 2. The van der Waals surface area contributed by atoms with E-state index in [9.17, 15) is 4.79 Å². The van der Waals surface area contributed by atoms with E-state index in [0.29, 0.717) is 29.7 Å². The first kappa shape index (κ1) is 11.6. The van der Waals surface area contributed by atoms with Crippen LogP contribution < -0.4 is 16.0 Å². The SMILES string of the molecule is Nc1cc(=O)n(CCOc2ccccc2Cl)[nH]1. The molecule has 0 fully saturated rings. The van der Waals surface area contributed by atoms with Crippen molar-refractivity contribution in [2.24, 2.45) is 0 Å². The zero-order valence-electron chi connectivity index (χ0n) is 9.02. The van der Waals surface area contributed by atoms with E-state index in [1.165, 1.54) is 10.7 Å². The molecule has 0 bridgehead atoms. The Bertz CT molecular complexity index is 562. The molecule has 0 amide bonds. The van der Waals surface area contributed by atoms with E-state index in [2.05, 4.69) is 5.10 Å². The van der Waals surface area contributed by atoms with Gasteiger partial charge in [-0.05, 0) is 12.1 Å². The van der Waals surface area contributed by atoms with Crippen LogP contribution in [-0.4, -0.2) is 16.4 Å². The van der Waals surface area contributed by atoms with Crippen LogP contribution in [0.4, 0.5) is 5.82 Å². The molecule has 17 heavy (non-hydrogen) atoms. The van der Waals surface area contributed by atoms with Gasteiger partial charge >= 0.3 is 0 Å². The zero-order chi connectivity index (χ0) is 12.3. The molecule has 0 spiro atoms. The summed E-state index contributed by atoms with van der Waals surface area (Å²) in [6.45, 7) is 0.727. The number of halogens is 1. The lowest BCUT2D eigenvalue weighted by molar-refractivity contribution is 0.289. The Morgan fingerprint density at radius 2 is 2.18 bits per heavy atom. The predicted octanol–water partition coefficient (Wildman–Crippen LogP) is 1.49. The van der Waals surface area contributed by atoms with Crippen LogP contribution >= 0.6 is 11.6 Å². The number of ether oxygens (including phenoxy) is 1. The predicted molar refractivity (Wildman–Crippen MR) is 66.4 cm³/mol. The van der Waals surface area contributed by atoms with Crippen molar-refractivity contribution in [2.45, 2.75) is 6.54 Å². The molecule has 0 aliphatic carbocycles. The number of hydrogen-bond acceptors (Lipinski definition) is 3. The summed E-state index contributed by atoms with van der Waals surface area (Å²) in [5.74, 6) is 0.939. The summed E-state index contributed by atoms with van der Waals surface area (Å²) in [7, 11) is 0. The third-order valence-electron chi connectivity index (χ3n) is 2.22. The molecule has 0 saturated carbocycles. The van der Waals surface area contributed by atoms with E-state index in [1.54, 1.807) is 12.1 Å². The van der Waals surface area contributed by atoms with E-state index in [4.69, 9.17) is 22.1 Å². The highest BCUT2D eigenvalue weighted by atomic mass is 35.5. The maximum atomic E-state index is 11.3. The second-order valence-electron chi connectivity index (χ2n) is 3.48. The van der Waals surface area contributed by atoms with Crippen molar-refractivity contribution < 1.29 is 4.74 Å². The average molecular weight is 254 g/mol. The lowest BCUT2D eigenvalue weighted by Gasteiger charge is -2.07. The number of anilines is 1. The summed E-state index contributed by atoms with van der Waals surface area (Å²) in [6.07, 6.45) is 0. The van der Waals surface area contributed by atoms with Gasteiger partial charge in [0.1, 0.15) is 18.2 Å². The molecule has 0 aliphatic heterocycles. The Hall–Kier alpha value is -1.88. The smallest absolute Gasteiger partial charge is 0.268 e. The number of aromatic amines is 1. The van der Waals surface area contributed by atoms with Gasteiger partial charge in [0.25, 0.3) is 5.56 Å². The molecule has 0 saturated heterocycles. The summed E-state index contributed by atoms with van der Waals surface area (Å²) < 4.78 is 6.83. The fourth-order valence-electron chi connectivity index (χ4n) is 1.43. The maximum absolute atomic E-state index is 11.3. The minimum absolute atomic E-state index is 0.176. The van der Waals surface area contributed by atoms with Crippen LogP contribution in [0.1, 0.15) is 0 Å². The van der Waals surface area contributed by atoms with E-state index < -0.39 is 0 Å². The first-order valence-electron chi connectivity index (χ1n) is 5.09. The average Bonchev–Trinajstić information content (AvgIpc) is 2.60. The van der Waals surface area contributed by atoms with Gasteiger partial charge in [0.15, 0.2) is 0 Å². The summed E-state index contributed by atoms with van der Waals surface area (Å²) in [6, 6.07) is 8.50. The number of benzene rings is 1. The lowest BCUT2D eigenvalue weighted by atomic mass is 10.3. The zero-order valence-corrected chi connectivity index (χ0v) is 9.78. The van der Waals surface area contributed by atoms with Crippen LogP contribution in [0.2, 0.25) is 5.02 Å². The highest BCUT2D eigenvalue weighted by Gasteiger charge is 2.02. The number of H-pyrrole nitrogens is 1. The Kier molecular flexibility index (Phi) is 3.39. The van der Waals surface area contributed by atoms with E-state index in [-0.39, 0.29) is 5.56 Å². The Labute approximate surface area is 103 Å². The van der Waals surface area contributed by atoms with Gasteiger partial charge in [-0.25, -0.2) is 4.68 Å². The van der Waals surface area contributed by atoms with Crippen molar-refractivity contribution >= 4 is 17.4 Å². The van der Waals surface area contributed by atoms with Crippen LogP contribution in [0, 0.1) is 0 Å². The third kappa shape index (κ3) is 2.82. The van der Waals surface area contributed by atoms with E-state index >= 15 is 0 Å². The third-order valence-corrected chi connectivity index (χ3v) is 2.53. The van der Waals surface area contributed by atoms with Gasteiger partial charge in [0.05, 0.1) is 11.6 Å². The van der Waals surface area contributed by atoms with Crippen molar-refractivity contribution in [1.29, 1.82) is 0 Å². The number of nitrogens with one attached hydrogen (secondary N) is 1. The molecule has 0 atom stereocenters. The maximum Gasteiger partial charge on any atom is 0.268 e. The minimum atomic E-state index is -0.176. The van der Waals surface area contributed by atoms with Gasteiger partial charge in [-0.15, -0.1) is 0 Å². The van der Waals surface area contributed by atoms with Crippen LogP contribution in [0.15, 0.2) is 35.1 Å². The monoisotopic (exact) mass is 253 g/mol. The summed E-state index contributed by atoms with van der Waals surface area (Å²) in [5.41, 5.74) is 5.27. The lowest BCUT2D eigenvalue weighted by Crippen LogP contribution is -2.20. The topological polar surface area (TPSA) is 73.0 Å². The van der Waals surface area contributed by atoms with Crippen molar-refractivity contribution in [3.63, 3.8) is 0 Å². The number of para-hydroxylation sites is 1. The van der Waals surface area contributed by atoms with E-state index in [0.717, 1.165) is 0 Å². The quantitative estimate of drug-likeness (QED) is 0.867.